The maximum absolute atomic E-state index is 12.4. The van der Waals surface area contributed by atoms with E-state index in [2.05, 4.69) is 15.6 Å². The maximum atomic E-state index is 12.4. The standard InChI is InChI=1S/C16H22N6O3/c17-13-4-3-12(8-18-13)19-11-2-1-6-21(7-5-11)15(24)10-22-9-14(23)20-16(22)25/h3-4,8,11,19H,1-2,5-7,9-10H2,(H2,17,18)(H,20,23,25)/t11-/m0/s1. The lowest BCUT2D eigenvalue weighted by molar-refractivity contribution is -0.131. The first kappa shape index (κ1) is 17.0. The molecule has 9 nitrogen and oxygen atoms in total. The molecule has 3 heterocycles. The second-order valence-corrected chi connectivity index (χ2v) is 6.33. The molecule has 0 aliphatic carbocycles. The summed E-state index contributed by atoms with van der Waals surface area (Å²) in [5, 5.41) is 5.60. The molecule has 2 fully saturated rings. The largest absolute Gasteiger partial charge is 0.384 e. The Morgan fingerprint density at radius 3 is 2.84 bits per heavy atom. The van der Waals surface area contributed by atoms with E-state index in [-0.39, 0.29) is 30.9 Å². The van der Waals surface area contributed by atoms with Crippen LogP contribution in [0.4, 0.5) is 16.3 Å². The van der Waals surface area contributed by atoms with Crippen molar-refractivity contribution in [3.05, 3.63) is 18.3 Å². The SMILES string of the molecule is Nc1ccc(N[C@H]2CCCN(C(=O)CN3CC(=O)NC3=O)CC2)cn1. The zero-order valence-electron chi connectivity index (χ0n) is 13.9. The smallest absolute Gasteiger partial charge is 0.325 e. The fourth-order valence-corrected chi connectivity index (χ4v) is 3.09. The predicted molar refractivity (Wildman–Crippen MR) is 91.6 cm³/mol. The third kappa shape index (κ3) is 4.37. The lowest BCUT2D eigenvalue weighted by Crippen LogP contribution is -2.42. The molecule has 0 aromatic carbocycles. The van der Waals surface area contributed by atoms with E-state index in [1.165, 1.54) is 4.90 Å². The molecule has 3 rings (SSSR count). The Balaban J connectivity index is 1.50. The Kier molecular flexibility index (Phi) is 5.01. The number of hydrogen-bond acceptors (Lipinski definition) is 6. The number of carbonyl (C=O) groups excluding carboxylic acids is 3. The van der Waals surface area contributed by atoms with E-state index in [0.717, 1.165) is 24.9 Å². The minimum absolute atomic E-state index is 0.0489. The number of anilines is 2. The summed E-state index contributed by atoms with van der Waals surface area (Å²) in [6.45, 7) is 1.16. The number of carbonyl (C=O) groups is 3. The van der Waals surface area contributed by atoms with Gasteiger partial charge < -0.3 is 20.9 Å². The van der Waals surface area contributed by atoms with Gasteiger partial charge in [0.25, 0.3) is 0 Å². The van der Waals surface area contributed by atoms with Crippen LogP contribution in [0.3, 0.4) is 0 Å². The number of hydrogen-bond donors (Lipinski definition) is 3. The van der Waals surface area contributed by atoms with E-state index in [4.69, 9.17) is 5.73 Å². The summed E-state index contributed by atoms with van der Waals surface area (Å²) in [5.74, 6) is -0.0118. The van der Waals surface area contributed by atoms with E-state index < -0.39 is 6.03 Å². The zero-order valence-corrected chi connectivity index (χ0v) is 13.9. The van der Waals surface area contributed by atoms with Crippen molar-refractivity contribution in [2.45, 2.75) is 25.3 Å². The first-order valence-corrected chi connectivity index (χ1v) is 8.36. The second kappa shape index (κ2) is 7.37. The third-order valence-electron chi connectivity index (χ3n) is 4.43. The molecule has 2 saturated heterocycles. The minimum atomic E-state index is -0.497. The number of nitrogens with one attached hydrogen (secondary N) is 2. The molecule has 25 heavy (non-hydrogen) atoms. The van der Waals surface area contributed by atoms with Crippen molar-refractivity contribution < 1.29 is 14.4 Å². The summed E-state index contributed by atoms with van der Waals surface area (Å²) in [7, 11) is 0. The highest BCUT2D eigenvalue weighted by Crippen LogP contribution is 2.17. The van der Waals surface area contributed by atoms with Crippen LogP contribution in [0.15, 0.2) is 18.3 Å². The Morgan fingerprint density at radius 2 is 2.16 bits per heavy atom. The van der Waals surface area contributed by atoms with Gasteiger partial charge in [-0.25, -0.2) is 9.78 Å². The summed E-state index contributed by atoms with van der Waals surface area (Å²) in [6.07, 6.45) is 4.32. The number of likely N-dealkylation sites (tertiary alicyclic amines) is 1. The van der Waals surface area contributed by atoms with Gasteiger partial charge in [0.1, 0.15) is 18.9 Å². The normalized spacial score (nSPS) is 21.0. The number of nitrogens with two attached hydrogens (primary N) is 1. The minimum Gasteiger partial charge on any atom is -0.384 e. The molecule has 1 aromatic heterocycles. The highest BCUT2D eigenvalue weighted by molar-refractivity contribution is 6.03. The molecule has 1 atom stereocenters. The summed E-state index contributed by atoms with van der Waals surface area (Å²) < 4.78 is 0. The highest BCUT2D eigenvalue weighted by Gasteiger charge is 2.30. The van der Waals surface area contributed by atoms with Gasteiger partial charge in [0.2, 0.25) is 11.8 Å². The van der Waals surface area contributed by atoms with Crippen LogP contribution in [-0.4, -0.2) is 64.9 Å². The number of pyridine rings is 1. The fourth-order valence-electron chi connectivity index (χ4n) is 3.09. The molecule has 0 bridgehead atoms. The number of nitrogens with zero attached hydrogens (tertiary/aromatic N) is 3. The maximum Gasteiger partial charge on any atom is 0.325 e. The zero-order chi connectivity index (χ0) is 17.8. The van der Waals surface area contributed by atoms with E-state index >= 15 is 0 Å². The first-order valence-electron chi connectivity index (χ1n) is 8.36. The summed E-state index contributed by atoms with van der Waals surface area (Å²) >= 11 is 0. The molecule has 2 aliphatic heterocycles. The average Bonchev–Trinajstić information content (AvgIpc) is 2.76. The van der Waals surface area contributed by atoms with Gasteiger partial charge in [-0.1, -0.05) is 0 Å². The molecular formula is C16H22N6O3. The van der Waals surface area contributed by atoms with Gasteiger partial charge in [-0.05, 0) is 31.4 Å². The van der Waals surface area contributed by atoms with Gasteiger partial charge >= 0.3 is 6.03 Å². The first-order chi connectivity index (χ1) is 12.0. The Labute approximate surface area is 145 Å². The molecule has 0 radical (unpaired) electrons. The van der Waals surface area contributed by atoms with Crippen molar-refractivity contribution in [3.8, 4) is 0 Å². The van der Waals surface area contributed by atoms with E-state index in [1.807, 2.05) is 6.07 Å². The van der Waals surface area contributed by atoms with E-state index in [0.29, 0.717) is 18.9 Å². The molecule has 4 N–H and O–H groups in total. The van der Waals surface area contributed by atoms with E-state index in [9.17, 15) is 14.4 Å². The molecule has 1 aromatic rings. The summed E-state index contributed by atoms with van der Waals surface area (Å²) in [5.41, 5.74) is 6.49. The highest BCUT2D eigenvalue weighted by atomic mass is 16.2. The summed E-state index contributed by atoms with van der Waals surface area (Å²) in [6, 6.07) is 3.39. The molecule has 0 unspecified atom stereocenters. The number of amides is 4. The summed E-state index contributed by atoms with van der Waals surface area (Å²) in [4.78, 5) is 42.2. The number of urea groups is 1. The quantitative estimate of drug-likeness (QED) is 0.661. The van der Waals surface area contributed by atoms with Gasteiger partial charge in [-0.15, -0.1) is 0 Å². The lowest BCUT2D eigenvalue weighted by atomic mass is 10.1. The topological polar surface area (TPSA) is 121 Å². The molecular weight excluding hydrogens is 324 g/mol. The van der Waals surface area contributed by atoms with Crippen LogP contribution in [0.5, 0.6) is 0 Å². The van der Waals surface area contributed by atoms with Crippen LogP contribution in [-0.2, 0) is 9.59 Å². The Bertz CT molecular complexity index is 662. The van der Waals surface area contributed by atoms with Crippen LogP contribution < -0.4 is 16.4 Å². The van der Waals surface area contributed by atoms with Gasteiger partial charge in [0.15, 0.2) is 0 Å². The monoisotopic (exact) mass is 346 g/mol. The van der Waals surface area contributed by atoms with Crippen molar-refractivity contribution in [1.29, 1.82) is 0 Å². The molecule has 0 saturated carbocycles. The molecule has 134 valence electrons. The number of rotatable bonds is 4. The van der Waals surface area contributed by atoms with Crippen LogP contribution in [0.25, 0.3) is 0 Å². The van der Waals surface area contributed by atoms with Crippen LogP contribution in [0, 0.1) is 0 Å². The van der Waals surface area contributed by atoms with Crippen LogP contribution >= 0.6 is 0 Å². The van der Waals surface area contributed by atoms with Crippen molar-refractivity contribution in [3.63, 3.8) is 0 Å². The van der Waals surface area contributed by atoms with Crippen molar-refractivity contribution >= 4 is 29.4 Å². The van der Waals surface area contributed by atoms with E-state index in [1.54, 1.807) is 17.2 Å². The van der Waals surface area contributed by atoms with Gasteiger partial charge in [0, 0.05) is 19.1 Å². The Morgan fingerprint density at radius 1 is 1.32 bits per heavy atom. The van der Waals surface area contributed by atoms with Crippen molar-refractivity contribution in [1.82, 2.24) is 20.1 Å². The van der Waals surface area contributed by atoms with Crippen LogP contribution in [0.2, 0.25) is 0 Å². The third-order valence-corrected chi connectivity index (χ3v) is 4.43. The van der Waals surface area contributed by atoms with Gasteiger partial charge in [-0.3, -0.25) is 14.9 Å². The number of aromatic nitrogens is 1. The predicted octanol–water partition coefficient (Wildman–Crippen LogP) is 0.00860. The molecule has 4 amide bonds. The van der Waals surface area contributed by atoms with Gasteiger partial charge in [-0.2, -0.15) is 0 Å². The molecule has 9 heteroatoms. The van der Waals surface area contributed by atoms with Gasteiger partial charge in [0.05, 0.1) is 11.9 Å². The molecule has 2 aliphatic rings. The van der Waals surface area contributed by atoms with Crippen molar-refractivity contribution in [2.75, 3.05) is 37.2 Å². The van der Waals surface area contributed by atoms with Crippen molar-refractivity contribution in [2.24, 2.45) is 0 Å². The number of nitrogen functional groups attached to an aromatic ring is 1. The second-order valence-electron chi connectivity index (χ2n) is 6.33. The lowest BCUT2D eigenvalue weighted by Gasteiger charge is -2.23. The Hall–Kier alpha value is -2.84. The fraction of sp³-hybridized carbons (Fsp3) is 0.500. The molecule has 0 spiro atoms. The average molecular weight is 346 g/mol. The van der Waals surface area contributed by atoms with Crippen LogP contribution in [0.1, 0.15) is 19.3 Å². The number of imide groups is 1.